The molecule has 8 nitrogen and oxygen atoms in total. The van der Waals surface area contributed by atoms with Crippen molar-refractivity contribution >= 4 is 23.4 Å². The lowest BCUT2D eigenvalue weighted by Crippen LogP contribution is -2.29. The predicted molar refractivity (Wildman–Crippen MR) is 113 cm³/mol. The first-order valence-corrected chi connectivity index (χ1v) is 9.38. The zero-order chi connectivity index (χ0) is 21.9. The molecular weight excluding hydrogens is 382 g/mol. The highest BCUT2D eigenvalue weighted by molar-refractivity contribution is 6.03. The Labute approximate surface area is 174 Å². The Morgan fingerprint density at radius 3 is 2.83 bits per heavy atom. The fourth-order valence-electron chi connectivity index (χ4n) is 2.88. The van der Waals surface area contributed by atoms with Gasteiger partial charge in [0.1, 0.15) is 5.60 Å². The monoisotopic (exact) mass is 405 g/mol. The van der Waals surface area contributed by atoms with Crippen LogP contribution in [-0.2, 0) is 4.79 Å². The Kier molecular flexibility index (Phi) is 5.85. The number of aromatic nitrogens is 3. The lowest BCUT2D eigenvalue weighted by molar-refractivity contribution is -0.117. The van der Waals surface area contributed by atoms with Gasteiger partial charge in [0, 0.05) is 31.3 Å². The topological polar surface area (TPSA) is 114 Å². The molecule has 0 saturated heterocycles. The van der Waals surface area contributed by atoms with E-state index in [1.807, 2.05) is 25.1 Å². The molecule has 154 valence electrons. The van der Waals surface area contributed by atoms with Gasteiger partial charge in [0.05, 0.1) is 11.1 Å². The SMILES string of the molecule is Cc1ccc2c(C(N)=O)nn(-c3cccc(C#CC(C)(O)CCN(C)C=O)c3)c2n1. The number of primary amides is 1. The molecular formula is C22H23N5O3. The molecule has 0 saturated carbocycles. The molecule has 1 atom stereocenters. The number of carbonyl (C=O) groups is 2. The summed E-state index contributed by atoms with van der Waals surface area (Å²) in [6.45, 7) is 3.85. The molecule has 3 rings (SSSR count). The van der Waals surface area contributed by atoms with Gasteiger partial charge in [-0.1, -0.05) is 17.9 Å². The second-order valence-corrected chi connectivity index (χ2v) is 7.36. The van der Waals surface area contributed by atoms with Crippen LogP contribution in [-0.4, -0.2) is 56.3 Å². The maximum atomic E-state index is 11.8. The molecule has 30 heavy (non-hydrogen) atoms. The lowest BCUT2D eigenvalue weighted by Gasteiger charge is -2.19. The molecule has 0 bridgehead atoms. The van der Waals surface area contributed by atoms with E-state index in [0.29, 0.717) is 41.7 Å². The number of fused-ring (bicyclic) bond motifs is 1. The van der Waals surface area contributed by atoms with Gasteiger partial charge in [-0.2, -0.15) is 5.10 Å². The second kappa shape index (κ2) is 8.35. The third-order valence-corrected chi connectivity index (χ3v) is 4.60. The van der Waals surface area contributed by atoms with E-state index in [-0.39, 0.29) is 5.69 Å². The maximum absolute atomic E-state index is 11.8. The molecule has 0 aliphatic rings. The minimum atomic E-state index is -1.25. The smallest absolute Gasteiger partial charge is 0.269 e. The number of aryl methyl sites for hydroxylation is 1. The van der Waals surface area contributed by atoms with Crippen LogP contribution < -0.4 is 5.73 Å². The minimum absolute atomic E-state index is 0.149. The molecule has 1 aromatic carbocycles. The van der Waals surface area contributed by atoms with Crippen molar-refractivity contribution in [3.63, 3.8) is 0 Å². The molecule has 0 aliphatic carbocycles. The van der Waals surface area contributed by atoms with Crippen LogP contribution in [0.1, 0.15) is 35.1 Å². The van der Waals surface area contributed by atoms with Gasteiger partial charge in [0.25, 0.3) is 5.91 Å². The lowest BCUT2D eigenvalue weighted by atomic mass is 10.0. The molecule has 2 heterocycles. The Bertz CT molecular complexity index is 1170. The fourth-order valence-corrected chi connectivity index (χ4v) is 2.88. The number of pyridine rings is 1. The number of amides is 2. The van der Waals surface area contributed by atoms with Crippen molar-refractivity contribution < 1.29 is 14.7 Å². The van der Waals surface area contributed by atoms with E-state index in [9.17, 15) is 14.7 Å². The first-order chi connectivity index (χ1) is 14.2. The standard InChI is InChI=1S/C22H23N5O3/c1-15-7-8-18-19(20(23)29)25-27(21(18)24-15)17-6-4-5-16(13-17)9-10-22(2,30)11-12-26(3)14-28/h4-8,13-14,30H,11-12H2,1-3H3,(H2,23,29). The number of hydrogen-bond donors (Lipinski definition) is 2. The summed E-state index contributed by atoms with van der Waals surface area (Å²) in [5.74, 6) is 5.18. The van der Waals surface area contributed by atoms with E-state index in [1.54, 1.807) is 36.9 Å². The van der Waals surface area contributed by atoms with E-state index in [2.05, 4.69) is 21.9 Å². The van der Waals surface area contributed by atoms with Gasteiger partial charge in [-0.3, -0.25) is 9.59 Å². The summed E-state index contributed by atoms with van der Waals surface area (Å²) in [6.07, 6.45) is 1.03. The van der Waals surface area contributed by atoms with Crippen LogP contribution in [0.3, 0.4) is 0 Å². The van der Waals surface area contributed by atoms with Gasteiger partial charge in [-0.15, -0.1) is 0 Å². The highest BCUT2D eigenvalue weighted by Gasteiger charge is 2.18. The third-order valence-electron chi connectivity index (χ3n) is 4.60. The van der Waals surface area contributed by atoms with E-state index in [4.69, 9.17) is 5.73 Å². The maximum Gasteiger partial charge on any atom is 0.269 e. The van der Waals surface area contributed by atoms with Gasteiger partial charge in [-0.05, 0) is 44.2 Å². The molecule has 8 heteroatoms. The summed E-state index contributed by atoms with van der Waals surface area (Å²) >= 11 is 0. The van der Waals surface area contributed by atoms with Crippen molar-refractivity contribution in [1.82, 2.24) is 19.7 Å². The quantitative estimate of drug-likeness (QED) is 0.475. The van der Waals surface area contributed by atoms with Crippen LogP contribution in [0.25, 0.3) is 16.7 Å². The summed E-state index contributed by atoms with van der Waals surface area (Å²) in [5, 5.41) is 15.4. The minimum Gasteiger partial charge on any atom is -0.378 e. The number of benzene rings is 1. The highest BCUT2D eigenvalue weighted by Crippen LogP contribution is 2.21. The van der Waals surface area contributed by atoms with Crippen LogP contribution in [0, 0.1) is 18.8 Å². The summed E-state index contributed by atoms with van der Waals surface area (Å²) < 4.78 is 1.56. The average Bonchev–Trinajstić information content (AvgIpc) is 3.10. The number of rotatable bonds is 6. The van der Waals surface area contributed by atoms with Crippen LogP contribution in [0.5, 0.6) is 0 Å². The molecule has 0 radical (unpaired) electrons. The molecule has 0 spiro atoms. The second-order valence-electron chi connectivity index (χ2n) is 7.36. The zero-order valence-electron chi connectivity index (χ0n) is 17.1. The predicted octanol–water partition coefficient (Wildman–Crippen LogP) is 1.41. The molecule has 0 fully saturated rings. The van der Waals surface area contributed by atoms with Gasteiger partial charge < -0.3 is 15.7 Å². The van der Waals surface area contributed by atoms with Crippen LogP contribution in [0.2, 0.25) is 0 Å². The van der Waals surface area contributed by atoms with Crippen molar-refractivity contribution in [1.29, 1.82) is 0 Å². The Morgan fingerprint density at radius 1 is 1.37 bits per heavy atom. The van der Waals surface area contributed by atoms with E-state index < -0.39 is 11.5 Å². The molecule has 0 aliphatic heterocycles. The van der Waals surface area contributed by atoms with Crippen molar-refractivity contribution in [2.75, 3.05) is 13.6 Å². The molecule has 2 amide bonds. The Balaban J connectivity index is 1.97. The average molecular weight is 405 g/mol. The Hall–Kier alpha value is -3.70. The van der Waals surface area contributed by atoms with Crippen molar-refractivity contribution in [2.45, 2.75) is 25.9 Å². The summed E-state index contributed by atoms with van der Waals surface area (Å²) in [7, 11) is 1.64. The third kappa shape index (κ3) is 4.64. The largest absolute Gasteiger partial charge is 0.378 e. The molecule has 2 aromatic heterocycles. The normalized spacial score (nSPS) is 12.7. The van der Waals surface area contributed by atoms with Crippen molar-refractivity contribution in [3.05, 3.63) is 53.3 Å². The van der Waals surface area contributed by atoms with Gasteiger partial charge in [0.2, 0.25) is 6.41 Å². The van der Waals surface area contributed by atoms with E-state index >= 15 is 0 Å². The van der Waals surface area contributed by atoms with E-state index in [0.717, 1.165) is 5.69 Å². The zero-order valence-corrected chi connectivity index (χ0v) is 17.1. The summed E-state index contributed by atoms with van der Waals surface area (Å²) in [5.41, 5.74) is 7.01. The number of hydrogen-bond acceptors (Lipinski definition) is 5. The summed E-state index contributed by atoms with van der Waals surface area (Å²) in [6, 6.07) is 10.8. The first kappa shape index (κ1) is 21.0. The number of nitrogens with zero attached hydrogens (tertiary/aromatic N) is 4. The molecule has 1 unspecified atom stereocenters. The summed E-state index contributed by atoms with van der Waals surface area (Å²) in [4.78, 5) is 28.4. The Morgan fingerprint density at radius 2 is 2.13 bits per heavy atom. The van der Waals surface area contributed by atoms with Crippen LogP contribution >= 0.6 is 0 Å². The van der Waals surface area contributed by atoms with Crippen LogP contribution in [0.15, 0.2) is 36.4 Å². The molecule has 3 N–H and O–H groups in total. The van der Waals surface area contributed by atoms with Gasteiger partial charge >= 0.3 is 0 Å². The van der Waals surface area contributed by atoms with Gasteiger partial charge in [-0.25, -0.2) is 9.67 Å². The molecule has 3 aromatic rings. The highest BCUT2D eigenvalue weighted by atomic mass is 16.3. The van der Waals surface area contributed by atoms with Crippen molar-refractivity contribution in [2.24, 2.45) is 5.73 Å². The van der Waals surface area contributed by atoms with Crippen LogP contribution in [0.4, 0.5) is 0 Å². The number of nitrogens with two attached hydrogens (primary N) is 1. The number of carbonyl (C=O) groups excluding carboxylic acids is 2. The number of aliphatic hydroxyl groups is 1. The van der Waals surface area contributed by atoms with Gasteiger partial charge in [0.15, 0.2) is 11.3 Å². The first-order valence-electron chi connectivity index (χ1n) is 9.38. The fraction of sp³-hybridized carbons (Fsp3) is 0.273. The van der Waals surface area contributed by atoms with E-state index in [1.165, 1.54) is 4.90 Å². The van der Waals surface area contributed by atoms with Crippen molar-refractivity contribution in [3.8, 4) is 17.5 Å².